The molecule has 1 aromatic heterocycles. The third kappa shape index (κ3) is 2.86. The summed E-state index contributed by atoms with van der Waals surface area (Å²) >= 11 is 0. The fourth-order valence-electron chi connectivity index (χ4n) is 2.03. The molecule has 0 unspecified atom stereocenters. The van der Waals surface area contributed by atoms with Crippen molar-refractivity contribution in [3.05, 3.63) is 60.0 Å². The van der Waals surface area contributed by atoms with Crippen molar-refractivity contribution in [2.75, 3.05) is 7.11 Å². The molecule has 1 amide bonds. The van der Waals surface area contributed by atoms with Crippen LogP contribution in [-0.2, 0) is 6.54 Å². The molecule has 5 nitrogen and oxygen atoms in total. The fraction of sp³-hybridized carbons (Fsp3) is 0.125. The first-order chi connectivity index (χ1) is 10.3. The van der Waals surface area contributed by atoms with Gasteiger partial charge in [-0.05, 0) is 35.9 Å². The minimum Gasteiger partial charge on any atom is -0.497 e. The van der Waals surface area contributed by atoms with Gasteiger partial charge in [-0.25, -0.2) is 4.98 Å². The summed E-state index contributed by atoms with van der Waals surface area (Å²) in [6.45, 7) is 0.458. The SMILES string of the molecule is COc1ccc(CNC(=O)c2ccc3ocnc3c2)cc1. The van der Waals surface area contributed by atoms with Crippen LogP contribution in [0, 0.1) is 0 Å². The number of rotatable bonds is 4. The fourth-order valence-corrected chi connectivity index (χ4v) is 2.03. The van der Waals surface area contributed by atoms with E-state index in [0.717, 1.165) is 11.3 Å². The van der Waals surface area contributed by atoms with E-state index in [-0.39, 0.29) is 5.91 Å². The number of hydrogen-bond acceptors (Lipinski definition) is 4. The van der Waals surface area contributed by atoms with E-state index in [4.69, 9.17) is 9.15 Å². The first-order valence-electron chi connectivity index (χ1n) is 6.50. The van der Waals surface area contributed by atoms with Gasteiger partial charge in [-0.3, -0.25) is 4.79 Å². The first kappa shape index (κ1) is 13.2. The number of carbonyl (C=O) groups is 1. The third-order valence-corrected chi connectivity index (χ3v) is 3.20. The lowest BCUT2D eigenvalue weighted by Crippen LogP contribution is -2.22. The second-order valence-corrected chi connectivity index (χ2v) is 4.57. The van der Waals surface area contributed by atoms with Crippen LogP contribution in [0.25, 0.3) is 11.1 Å². The highest BCUT2D eigenvalue weighted by molar-refractivity contribution is 5.96. The Bertz CT molecular complexity index is 763. The summed E-state index contributed by atoms with van der Waals surface area (Å²) in [6, 6.07) is 12.7. The van der Waals surface area contributed by atoms with E-state index >= 15 is 0 Å². The van der Waals surface area contributed by atoms with Gasteiger partial charge in [0.05, 0.1) is 7.11 Å². The number of benzene rings is 2. The number of nitrogens with one attached hydrogen (secondary N) is 1. The Morgan fingerprint density at radius 1 is 1.24 bits per heavy atom. The minimum atomic E-state index is -0.143. The average Bonchev–Trinajstić information content (AvgIpc) is 3.00. The second-order valence-electron chi connectivity index (χ2n) is 4.57. The van der Waals surface area contributed by atoms with Crippen molar-refractivity contribution in [3.63, 3.8) is 0 Å². The Hall–Kier alpha value is -2.82. The largest absolute Gasteiger partial charge is 0.497 e. The molecule has 1 heterocycles. The normalized spacial score (nSPS) is 10.5. The number of nitrogens with zero attached hydrogens (tertiary/aromatic N) is 1. The molecule has 106 valence electrons. The summed E-state index contributed by atoms with van der Waals surface area (Å²) in [5.41, 5.74) is 2.91. The molecule has 0 aliphatic carbocycles. The highest BCUT2D eigenvalue weighted by atomic mass is 16.5. The second kappa shape index (κ2) is 5.66. The minimum absolute atomic E-state index is 0.143. The van der Waals surface area contributed by atoms with Gasteiger partial charge in [-0.2, -0.15) is 0 Å². The standard InChI is InChI=1S/C16H14N2O3/c1-20-13-5-2-11(3-6-13)9-17-16(19)12-4-7-15-14(8-12)18-10-21-15/h2-8,10H,9H2,1H3,(H,17,19). The summed E-state index contributed by atoms with van der Waals surface area (Å²) in [7, 11) is 1.62. The number of carbonyl (C=O) groups excluding carboxylic acids is 1. The Labute approximate surface area is 121 Å². The molecule has 0 spiro atoms. The van der Waals surface area contributed by atoms with Crippen LogP contribution in [-0.4, -0.2) is 18.0 Å². The smallest absolute Gasteiger partial charge is 0.251 e. The molecule has 0 fully saturated rings. The molecule has 0 bridgehead atoms. The first-order valence-corrected chi connectivity index (χ1v) is 6.50. The van der Waals surface area contributed by atoms with Crippen molar-refractivity contribution in [1.29, 1.82) is 0 Å². The van der Waals surface area contributed by atoms with Gasteiger partial charge in [0.15, 0.2) is 12.0 Å². The van der Waals surface area contributed by atoms with Gasteiger partial charge in [0.2, 0.25) is 0 Å². The molecule has 1 N–H and O–H groups in total. The zero-order chi connectivity index (χ0) is 14.7. The molecular weight excluding hydrogens is 268 g/mol. The summed E-state index contributed by atoms with van der Waals surface area (Å²) in [5, 5.41) is 2.87. The van der Waals surface area contributed by atoms with E-state index in [1.165, 1.54) is 6.39 Å². The van der Waals surface area contributed by atoms with Crippen LogP contribution >= 0.6 is 0 Å². The van der Waals surface area contributed by atoms with Crippen molar-refractivity contribution in [2.45, 2.75) is 6.54 Å². The highest BCUT2D eigenvalue weighted by Crippen LogP contribution is 2.14. The van der Waals surface area contributed by atoms with Crippen molar-refractivity contribution >= 4 is 17.0 Å². The number of ether oxygens (including phenoxy) is 1. The molecule has 2 aromatic carbocycles. The molecule has 0 atom stereocenters. The zero-order valence-electron chi connectivity index (χ0n) is 11.5. The number of methoxy groups -OCH3 is 1. The van der Waals surface area contributed by atoms with Crippen molar-refractivity contribution in [1.82, 2.24) is 10.3 Å². The van der Waals surface area contributed by atoms with Crippen LogP contribution in [0.1, 0.15) is 15.9 Å². The molecule has 0 saturated carbocycles. The Morgan fingerprint density at radius 2 is 2.05 bits per heavy atom. The molecule has 5 heteroatoms. The molecule has 0 aliphatic rings. The van der Waals surface area contributed by atoms with Gasteiger partial charge in [-0.15, -0.1) is 0 Å². The van der Waals surface area contributed by atoms with E-state index in [0.29, 0.717) is 23.2 Å². The van der Waals surface area contributed by atoms with Crippen LogP contribution in [0.4, 0.5) is 0 Å². The summed E-state index contributed by atoms with van der Waals surface area (Å²) < 4.78 is 10.2. The summed E-state index contributed by atoms with van der Waals surface area (Å²) in [5.74, 6) is 0.650. The highest BCUT2D eigenvalue weighted by Gasteiger charge is 2.08. The maximum absolute atomic E-state index is 12.1. The van der Waals surface area contributed by atoms with E-state index in [9.17, 15) is 4.79 Å². The van der Waals surface area contributed by atoms with E-state index in [1.807, 2.05) is 24.3 Å². The topological polar surface area (TPSA) is 64.4 Å². The van der Waals surface area contributed by atoms with Gasteiger partial charge in [0.1, 0.15) is 11.3 Å². The summed E-state index contributed by atoms with van der Waals surface area (Å²) in [6.07, 6.45) is 1.36. The number of fused-ring (bicyclic) bond motifs is 1. The molecule has 0 saturated heterocycles. The molecule has 0 aliphatic heterocycles. The zero-order valence-corrected chi connectivity index (χ0v) is 11.5. The van der Waals surface area contributed by atoms with Gasteiger partial charge < -0.3 is 14.5 Å². The Balaban J connectivity index is 1.67. The molecule has 3 aromatic rings. The molecule has 21 heavy (non-hydrogen) atoms. The maximum atomic E-state index is 12.1. The predicted octanol–water partition coefficient (Wildman–Crippen LogP) is 2.77. The van der Waals surface area contributed by atoms with Gasteiger partial charge >= 0.3 is 0 Å². The monoisotopic (exact) mass is 282 g/mol. The van der Waals surface area contributed by atoms with Crippen molar-refractivity contribution < 1.29 is 13.9 Å². The van der Waals surface area contributed by atoms with Gasteiger partial charge in [-0.1, -0.05) is 12.1 Å². The lowest BCUT2D eigenvalue weighted by Gasteiger charge is -2.06. The van der Waals surface area contributed by atoms with Crippen molar-refractivity contribution in [3.8, 4) is 5.75 Å². The van der Waals surface area contributed by atoms with E-state index < -0.39 is 0 Å². The van der Waals surface area contributed by atoms with E-state index in [2.05, 4.69) is 10.3 Å². The lowest BCUT2D eigenvalue weighted by atomic mass is 10.1. The number of oxazole rings is 1. The van der Waals surface area contributed by atoms with Crippen LogP contribution in [0.2, 0.25) is 0 Å². The van der Waals surface area contributed by atoms with Crippen LogP contribution < -0.4 is 10.1 Å². The molecule has 0 radical (unpaired) electrons. The Kier molecular flexibility index (Phi) is 3.55. The quantitative estimate of drug-likeness (QED) is 0.799. The number of amides is 1. The van der Waals surface area contributed by atoms with Crippen molar-refractivity contribution in [2.24, 2.45) is 0 Å². The average molecular weight is 282 g/mol. The molecule has 3 rings (SSSR count). The van der Waals surface area contributed by atoms with Crippen LogP contribution in [0.5, 0.6) is 5.75 Å². The lowest BCUT2D eigenvalue weighted by molar-refractivity contribution is 0.0951. The number of aromatic nitrogens is 1. The third-order valence-electron chi connectivity index (χ3n) is 3.20. The summed E-state index contributed by atoms with van der Waals surface area (Å²) in [4.78, 5) is 16.2. The van der Waals surface area contributed by atoms with Gasteiger partial charge in [0, 0.05) is 12.1 Å². The number of hydrogen-bond donors (Lipinski definition) is 1. The maximum Gasteiger partial charge on any atom is 0.251 e. The Morgan fingerprint density at radius 3 is 2.81 bits per heavy atom. The molecular formula is C16H14N2O3. The van der Waals surface area contributed by atoms with Crippen LogP contribution in [0.15, 0.2) is 53.3 Å². The van der Waals surface area contributed by atoms with Gasteiger partial charge in [0.25, 0.3) is 5.91 Å². The predicted molar refractivity (Wildman–Crippen MR) is 78.2 cm³/mol. The van der Waals surface area contributed by atoms with Crippen LogP contribution in [0.3, 0.4) is 0 Å². The van der Waals surface area contributed by atoms with E-state index in [1.54, 1.807) is 25.3 Å².